The van der Waals surface area contributed by atoms with Gasteiger partial charge in [0.25, 0.3) is 0 Å². The Morgan fingerprint density at radius 3 is 1.18 bits per heavy atom. The van der Waals surface area contributed by atoms with Crippen molar-refractivity contribution in [3.05, 3.63) is 176 Å². The Labute approximate surface area is 282 Å². The van der Waals surface area contributed by atoms with Crippen molar-refractivity contribution in [2.24, 2.45) is 0 Å². The van der Waals surface area contributed by atoms with E-state index in [2.05, 4.69) is 190 Å². The van der Waals surface area contributed by atoms with Crippen LogP contribution in [0.15, 0.2) is 176 Å². The molecule has 0 N–H and O–H groups in total. The van der Waals surface area contributed by atoms with E-state index in [4.69, 9.17) is 0 Å². The van der Waals surface area contributed by atoms with Crippen molar-refractivity contribution in [3.8, 4) is 17.1 Å². The number of para-hydroxylation sites is 5. The van der Waals surface area contributed by atoms with Gasteiger partial charge in [0.2, 0.25) is 0 Å². The molecule has 3 nitrogen and oxygen atoms in total. The maximum absolute atomic E-state index is 2.51. The number of aromatic nitrogens is 3. The standard InChI is InChI=1S/C46H29N3/c1-3-15-30(16-4-1)47-39-24-12-9-19-33(39)34-28-27-32(29-42(34)47)49-41-26-14-11-23-38(41)44-43-37-22-10-13-25-40(37)48(31-17-5-2-6-18-31)45(43)35-20-7-8-21-36(35)46(44)49/h1-29H. The van der Waals surface area contributed by atoms with Crippen LogP contribution in [0.4, 0.5) is 0 Å². The topological polar surface area (TPSA) is 14.8 Å². The van der Waals surface area contributed by atoms with Crippen molar-refractivity contribution in [1.29, 1.82) is 0 Å². The average molecular weight is 624 g/mol. The summed E-state index contributed by atoms with van der Waals surface area (Å²) >= 11 is 0. The van der Waals surface area contributed by atoms with Gasteiger partial charge in [0.1, 0.15) is 0 Å². The van der Waals surface area contributed by atoms with Crippen LogP contribution in [0, 0.1) is 0 Å². The molecule has 0 atom stereocenters. The molecule has 228 valence electrons. The van der Waals surface area contributed by atoms with E-state index >= 15 is 0 Å². The molecular weight excluding hydrogens is 595 g/mol. The highest BCUT2D eigenvalue weighted by Gasteiger charge is 2.24. The lowest BCUT2D eigenvalue weighted by molar-refractivity contribution is 1.16. The smallest absolute Gasteiger partial charge is 0.0627 e. The summed E-state index contributed by atoms with van der Waals surface area (Å²) < 4.78 is 7.38. The quantitative estimate of drug-likeness (QED) is 0.186. The fraction of sp³-hybridized carbons (Fsp3) is 0. The van der Waals surface area contributed by atoms with Crippen LogP contribution in [0.2, 0.25) is 0 Å². The highest BCUT2D eigenvalue weighted by molar-refractivity contribution is 6.37. The predicted molar refractivity (Wildman–Crippen MR) is 207 cm³/mol. The van der Waals surface area contributed by atoms with E-state index in [1.807, 2.05) is 0 Å². The van der Waals surface area contributed by atoms with Gasteiger partial charge in [0.05, 0.1) is 33.1 Å². The molecule has 0 saturated carbocycles. The summed E-state index contributed by atoms with van der Waals surface area (Å²) in [5, 5.41) is 10.1. The van der Waals surface area contributed by atoms with Crippen molar-refractivity contribution < 1.29 is 0 Å². The summed E-state index contributed by atoms with van der Waals surface area (Å²) in [6.07, 6.45) is 0. The van der Waals surface area contributed by atoms with Gasteiger partial charge in [-0.1, -0.05) is 121 Å². The SMILES string of the molecule is c1ccc(-n2c3ccccc3c3ccc(-n4c5ccccc5c5c6c7ccccc7n(-c7ccccc7)c6c6ccccc6c54)cc32)cc1. The van der Waals surface area contributed by atoms with Crippen LogP contribution < -0.4 is 0 Å². The van der Waals surface area contributed by atoms with Crippen LogP contribution in [0.3, 0.4) is 0 Å². The third-order valence-electron chi connectivity index (χ3n) is 10.4. The minimum Gasteiger partial charge on any atom is -0.309 e. The molecule has 3 aromatic heterocycles. The second kappa shape index (κ2) is 9.96. The molecule has 0 aliphatic heterocycles. The van der Waals surface area contributed by atoms with Gasteiger partial charge in [-0.2, -0.15) is 0 Å². The van der Waals surface area contributed by atoms with Crippen molar-refractivity contribution in [2.75, 3.05) is 0 Å². The van der Waals surface area contributed by atoms with E-state index in [0.29, 0.717) is 0 Å². The summed E-state index contributed by atoms with van der Waals surface area (Å²) in [6.45, 7) is 0. The lowest BCUT2D eigenvalue weighted by Crippen LogP contribution is -1.98. The van der Waals surface area contributed by atoms with Gasteiger partial charge in [0.15, 0.2) is 0 Å². The van der Waals surface area contributed by atoms with Gasteiger partial charge in [-0.25, -0.2) is 0 Å². The third kappa shape index (κ3) is 3.56. The summed E-state index contributed by atoms with van der Waals surface area (Å²) in [6, 6.07) is 64.1. The van der Waals surface area contributed by atoms with Crippen molar-refractivity contribution >= 4 is 76.2 Å². The maximum atomic E-state index is 2.51. The predicted octanol–water partition coefficient (Wildman–Crippen LogP) is 12.1. The molecule has 8 aromatic carbocycles. The van der Waals surface area contributed by atoms with Crippen LogP contribution in [0.1, 0.15) is 0 Å². The Morgan fingerprint density at radius 2 is 0.633 bits per heavy atom. The molecule has 3 heterocycles. The van der Waals surface area contributed by atoms with Crippen molar-refractivity contribution in [1.82, 2.24) is 13.7 Å². The number of benzene rings is 8. The number of hydrogen-bond donors (Lipinski definition) is 0. The normalized spacial score (nSPS) is 12.1. The Hall–Kier alpha value is -6.58. The van der Waals surface area contributed by atoms with Gasteiger partial charge < -0.3 is 13.7 Å². The van der Waals surface area contributed by atoms with E-state index in [0.717, 1.165) is 11.4 Å². The molecule has 0 unspecified atom stereocenters. The van der Waals surface area contributed by atoms with E-state index in [-0.39, 0.29) is 0 Å². The minimum atomic E-state index is 1.15. The Morgan fingerprint density at radius 1 is 0.245 bits per heavy atom. The molecule has 0 aliphatic carbocycles. The zero-order chi connectivity index (χ0) is 32.1. The van der Waals surface area contributed by atoms with Crippen LogP contribution in [-0.2, 0) is 0 Å². The molecule has 0 saturated heterocycles. The molecule has 0 radical (unpaired) electrons. The molecule has 0 fully saturated rings. The van der Waals surface area contributed by atoms with E-state index in [1.165, 1.54) is 81.9 Å². The average Bonchev–Trinajstić information content (AvgIpc) is 3.81. The van der Waals surface area contributed by atoms with E-state index < -0.39 is 0 Å². The molecule has 11 aromatic rings. The summed E-state index contributed by atoms with van der Waals surface area (Å²) in [4.78, 5) is 0. The first-order chi connectivity index (χ1) is 24.4. The minimum absolute atomic E-state index is 1.15. The largest absolute Gasteiger partial charge is 0.309 e. The molecule has 11 rings (SSSR count). The Balaban J connectivity index is 1.35. The number of fused-ring (bicyclic) bond motifs is 13. The summed E-state index contributed by atoms with van der Waals surface area (Å²) in [5.74, 6) is 0. The van der Waals surface area contributed by atoms with Gasteiger partial charge in [-0.15, -0.1) is 0 Å². The van der Waals surface area contributed by atoms with Gasteiger partial charge >= 0.3 is 0 Å². The molecule has 3 heteroatoms. The molecule has 0 spiro atoms. The second-order valence-electron chi connectivity index (χ2n) is 12.9. The molecule has 0 bridgehead atoms. The first kappa shape index (κ1) is 26.5. The second-order valence-corrected chi connectivity index (χ2v) is 12.9. The van der Waals surface area contributed by atoms with Crippen LogP contribution in [0.25, 0.3) is 93.3 Å². The summed E-state index contributed by atoms with van der Waals surface area (Å²) in [5.41, 5.74) is 10.8. The van der Waals surface area contributed by atoms with E-state index in [9.17, 15) is 0 Å². The molecular formula is C46H29N3. The first-order valence-corrected chi connectivity index (χ1v) is 16.9. The number of hydrogen-bond acceptors (Lipinski definition) is 0. The van der Waals surface area contributed by atoms with Gasteiger partial charge in [-0.3, -0.25) is 0 Å². The fourth-order valence-electron chi connectivity index (χ4n) is 8.46. The molecule has 49 heavy (non-hydrogen) atoms. The lowest BCUT2D eigenvalue weighted by atomic mass is 9.99. The zero-order valence-electron chi connectivity index (χ0n) is 26.6. The van der Waals surface area contributed by atoms with Crippen LogP contribution in [-0.4, -0.2) is 13.7 Å². The van der Waals surface area contributed by atoms with Crippen LogP contribution in [0.5, 0.6) is 0 Å². The van der Waals surface area contributed by atoms with Crippen LogP contribution >= 0.6 is 0 Å². The maximum Gasteiger partial charge on any atom is 0.0627 e. The highest BCUT2D eigenvalue weighted by Crippen LogP contribution is 2.47. The summed E-state index contributed by atoms with van der Waals surface area (Å²) in [7, 11) is 0. The monoisotopic (exact) mass is 623 g/mol. The number of rotatable bonds is 3. The molecule has 0 aliphatic rings. The third-order valence-corrected chi connectivity index (χ3v) is 10.4. The fourth-order valence-corrected chi connectivity index (χ4v) is 8.46. The van der Waals surface area contributed by atoms with Gasteiger partial charge in [0, 0.05) is 60.2 Å². The van der Waals surface area contributed by atoms with Gasteiger partial charge in [-0.05, 0) is 54.6 Å². The lowest BCUT2D eigenvalue weighted by Gasteiger charge is -2.14. The number of nitrogens with zero attached hydrogens (tertiary/aromatic N) is 3. The first-order valence-electron chi connectivity index (χ1n) is 16.9. The zero-order valence-corrected chi connectivity index (χ0v) is 26.6. The van der Waals surface area contributed by atoms with Crippen molar-refractivity contribution in [3.63, 3.8) is 0 Å². The highest BCUT2D eigenvalue weighted by atomic mass is 15.0. The Kier molecular flexibility index (Phi) is 5.38. The van der Waals surface area contributed by atoms with E-state index in [1.54, 1.807) is 0 Å². The molecule has 0 amide bonds. The Bertz CT molecular complexity index is 3090. The van der Waals surface area contributed by atoms with Crippen molar-refractivity contribution in [2.45, 2.75) is 0 Å².